The number of benzene rings is 1. The molecule has 0 spiro atoms. The van der Waals surface area contributed by atoms with Crippen LogP contribution in [0, 0.1) is 18.6 Å². The van der Waals surface area contributed by atoms with Crippen molar-refractivity contribution < 1.29 is 13.6 Å². The monoisotopic (exact) mass is 350 g/mol. The molecule has 0 aliphatic heterocycles. The second-order valence-corrected chi connectivity index (χ2v) is 5.49. The number of rotatable bonds is 6. The van der Waals surface area contributed by atoms with Crippen LogP contribution in [-0.4, -0.2) is 43.2 Å². The number of anilines is 3. The molecule has 2 rings (SSSR count). The van der Waals surface area contributed by atoms with Gasteiger partial charge in [-0.1, -0.05) is 0 Å². The summed E-state index contributed by atoms with van der Waals surface area (Å²) in [6.45, 7) is 2.55. The summed E-state index contributed by atoms with van der Waals surface area (Å²) in [4.78, 5) is 22.1. The lowest BCUT2D eigenvalue weighted by atomic mass is 10.3. The SMILES string of the molecule is Cc1nc(NCCNC(=O)Nc2ccc(F)c(F)c2)cc(N(C)C)n1. The molecule has 0 radical (unpaired) electrons. The Hall–Kier alpha value is -2.97. The minimum Gasteiger partial charge on any atom is -0.368 e. The second-order valence-electron chi connectivity index (χ2n) is 5.49. The van der Waals surface area contributed by atoms with Crippen LogP contribution >= 0.6 is 0 Å². The van der Waals surface area contributed by atoms with Gasteiger partial charge < -0.3 is 20.9 Å². The number of amides is 2. The Morgan fingerprint density at radius 3 is 2.56 bits per heavy atom. The van der Waals surface area contributed by atoms with Crippen molar-refractivity contribution in [1.29, 1.82) is 0 Å². The summed E-state index contributed by atoms with van der Waals surface area (Å²) in [6, 6.07) is 4.43. The first-order valence-corrected chi connectivity index (χ1v) is 7.62. The molecule has 7 nitrogen and oxygen atoms in total. The lowest BCUT2D eigenvalue weighted by Crippen LogP contribution is -2.32. The maximum atomic E-state index is 13.1. The van der Waals surface area contributed by atoms with E-state index >= 15 is 0 Å². The van der Waals surface area contributed by atoms with Crippen LogP contribution in [0.4, 0.5) is 30.9 Å². The molecule has 0 fully saturated rings. The van der Waals surface area contributed by atoms with Crippen LogP contribution < -0.4 is 20.9 Å². The van der Waals surface area contributed by atoms with Crippen molar-refractivity contribution in [3.05, 3.63) is 41.7 Å². The normalized spacial score (nSPS) is 10.3. The minimum absolute atomic E-state index is 0.173. The molecular weight excluding hydrogens is 330 g/mol. The molecule has 0 bridgehead atoms. The molecule has 0 unspecified atom stereocenters. The maximum absolute atomic E-state index is 13.1. The number of nitrogens with zero attached hydrogens (tertiary/aromatic N) is 3. The molecule has 1 heterocycles. The summed E-state index contributed by atoms with van der Waals surface area (Å²) in [7, 11) is 3.77. The van der Waals surface area contributed by atoms with Gasteiger partial charge in [0.1, 0.15) is 17.5 Å². The van der Waals surface area contributed by atoms with Gasteiger partial charge in [0, 0.05) is 45.0 Å². The highest BCUT2D eigenvalue weighted by atomic mass is 19.2. The summed E-state index contributed by atoms with van der Waals surface area (Å²) in [5.41, 5.74) is 0.173. The molecule has 1 aromatic carbocycles. The van der Waals surface area contributed by atoms with Crippen LogP contribution in [0.1, 0.15) is 5.82 Å². The minimum atomic E-state index is -1.02. The van der Waals surface area contributed by atoms with Crippen molar-refractivity contribution >= 4 is 23.4 Å². The van der Waals surface area contributed by atoms with E-state index in [1.54, 1.807) is 13.0 Å². The number of hydrogen-bond acceptors (Lipinski definition) is 5. The van der Waals surface area contributed by atoms with Crippen LogP contribution in [0.2, 0.25) is 0 Å². The Labute approximate surface area is 144 Å². The summed E-state index contributed by atoms with van der Waals surface area (Å²) >= 11 is 0. The number of urea groups is 1. The van der Waals surface area contributed by atoms with E-state index in [4.69, 9.17) is 0 Å². The van der Waals surface area contributed by atoms with E-state index in [0.29, 0.717) is 24.7 Å². The highest BCUT2D eigenvalue weighted by Crippen LogP contribution is 2.13. The van der Waals surface area contributed by atoms with Crippen molar-refractivity contribution in [1.82, 2.24) is 15.3 Å². The number of carbonyl (C=O) groups is 1. The van der Waals surface area contributed by atoms with Crippen molar-refractivity contribution in [2.75, 3.05) is 42.7 Å². The van der Waals surface area contributed by atoms with Gasteiger partial charge in [0.05, 0.1) is 0 Å². The lowest BCUT2D eigenvalue weighted by molar-refractivity contribution is 0.252. The third-order valence-electron chi connectivity index (χ3n) is 3.18. The van der Waals surface area contributed by atoms with E-state index in [9.17, 15) is 13.6 Å². The molecule has 0 saturated carbocycles. The van der Waals surface area contributed by atoms with E-state index in [1.165, 1.54) is 6.07 Å². The van der Waals surface area contributed by atoms with Gasteiger partial charge in [-0.2, -0.15) is 0 Å². The maximum Gasteiger partial charge on any atom is 0.319 e. The fraction of sp³-hybridized carbons (Fsp3) is 0.312. The molecule has 134 valence electrons. The molecule has 1 aromatic heterocycles. The first-order valence-electron chi connectivity index (χ1n) is 7.62. The lowest BCUT2D eigenvalue weighted by Gasteiger charge is -2.14. The topological polar surface area (TPSA) is 82.2 Å². The molecule has 25 heavy (non-hydrogen) atoms. The van der Waals surface area contributed by atoms with Crippen LogP contribution in [-0.2, 0) is 0 Å². The van der Waals surface area contributed by atoms with Crippen LogP contribution in [0.25, 0.3) is 0 Å². The van der Waals surface area contributed by atoms with E-state index < -0.39 is 17.7 Å². The summed E-state index contributed by atoms with van der Waals surface area (Å²) in [5, 5.41) is 8.12. The molecule has 9 heteroatoms. The Balaban J connectivity index is 1.79. The fourth-order valence-corrected chi connectivity index (χ4v) is 1.99. The van der Waals surface area contributed by atoms with Gasteiger partial charge in [0.25, 0.3) is 0 Å². The van der Waals surface area contributed by atoms with Crippen molar-refractivity contribution in [3.8, 4) is 0 Å². The van der Waals surface area contributed by atoms with Gasteiger partial charge in [0.15, 0.2) is 11.6 Å². The van der Waals surface area contributed by atoms with Gasteiger partial charge in [-0.15, -0.1) is 0 Å². The number of aromatic nitrogens is 2. The largest absolute Gasteiger partial charge is 0.368 e. The average Bonchev–Trinajstić information content (AvgIpc) is 2.54. The number of halogens is 2. The summed E-state index contributed by atoms with van der Waals surface area (Å²) in [5.74, 6) is 0.0819. The molecule has 2 aromatic rings. The van der Waals surface area contributed by atoms with Gasteiger partial charge in [-0.25, -0.2) is 23.5 Å². The zero-order valence-corrected chi connectivity index (χ0v) is 14.2. The zero-order valence-electron chi connectivity index (χ0n) is 14.2. The molecular formula is C16H20F2N6O. The van der Waals surface area contributed by atoms with E-state index in [2.05, 4.69) is 25.9 Å². The van der Waals surface area contributed by atoms with Crippen molar-refractivity contribution in [3.63, 3.8) is 0 Å². The molecule has 3 N–H and O–H groups in total. The number of carbonyl (C=O) groups excluding carboxylic acids is 1. The molecule has 0 atom stereocenters. The fourth-order valence-electron chi connectivity index (χ4n) is 1.99. The van der Waals surface area contributed by atoms with E-state index in [-0.39, 0.29) is 5.69 Å². The van der Waals surface area contributed by atoms with Crippen molar-refractivity contribution in [2.45, 2.75) is 6.92 Å². The van der Waals surface area contributed by atoms with Crippen LogP contribution in [0.15, 0.2) is 24.3 Å². The third kappa shape index (κ3) is 5.55. The van der Waals surface area contributed by atoms with Gasteiger partial charge in [0.2, 0.25) is 0 Å². The van der Waals surface area contributed by atoms with Gasteiger partial charge in [-0.3, -0.25) is 0 Å². The number of hydrogen-bond donors (Lipinski definition) is 3. The number of aryl methyl sites for hydroxylation is 1. The Kier molecular flexibility index (Phi) is 6.04. The highest BCUT2D eigenvalue weighted by Gasteiger charge is 2.06. The van der Waals surface area contributed by atoms with Crippen LogP contribution in [0.5, 0.6) is 0 Å². The number of nitrogens with one attached hydrogen (secondary N) is 3. The third-order valence-corrected chi connectivity index (χ3v) is 3.18. The Bertz CT molecular complexity index is 753. The Morgan fingerprint density at radius 1 is 1.12 bits per heavy atom. The van der Waals surface area contributed by atoms with Gasteiger partial charge in [-0.05, 0) is 19.1 Å². The second kappa shape index (κ2) is 8.22. The Morgan fingerprint density at radius 2 is 1.88 bits per heavy atom. The summed E-state index contributed by atoms with van der Waals surface area (Å²) in [6.07, 6.45) is 0. The first kappa shape index (κ1) is 18.4. The predicted molar refractivity (Wildman–Crippen MR) is 93.0 cm³/mol. The first-order chi connectivity index (χ1) is 11.8. The quantitative estimate of drug-likeness (QED) is 0.697. The van der Waals surface area contributed by atoms with Crippen molar-refractivity contribution in [2.24, 2.45) is 0 Å². The predicted octanol–water partition coefficient (Wildman–Crippen LogP) is 2.36. The van der Waals surface area contributed by atoms with Gasteiger partial charge >= 0.3 is 6.03 Å². The average molecular weight is 350 g/mol. The summed E-state index contributed by atoms with van der Waals surface area (Å²) < 4.78 is 25.9. The molecule has 2 amide bonds. The zero-order chi connectivity index (χ0) is 18.4. The van der Waals surface area contributed by atoms with E-state index in [0.717, 1.165) is 18.0 Å². The molecule has 0 aliphatic rings. The standard InChI is InChI=1S/C16H20F2N6O/c1-10-21-14(9-15(22-10)24(2)3)19-6-7-20-16(25)23-11-4-5-12(17)13(18)8-11/h4-5,8-9H,6-7H2,1-3H3,(H,19,21,22)(H2,20,23,25). The molecule has 0 saturated heterocycles. The smallest absolute Gasteiger partial charge is 0.319 e. The molecule has 0 aliphatic carbocycles. The highest BCUT2D eigenvalue weighted by molar-refractivity contribution is 5.89. The van der Waals surface area contributed by atoms with E-state index in [1.807, 2.05) is 19.0 Å². The van der Waals surface area contributed by atoms with Crippen LogP contribution in [0.3, 0.4) is 0 Å².